The van der Waals surface area contributed by atoms with Gasteiger partial charge >= 0.3 is 0 Å². The van der Waals surface area contributed by atoms with E-state index in [4.69, 9.17) is 0 Å². The van der Waals surface area contributed by atoms with Gasteiger partial charge in [0.15, 0.2) is 5.17 Å². The standard InChI is InChI=1S/C17H23N3S/c1-12-10-19-16(15(4)14(12)3)11-21-17-18-9-7-5-6-8-13(2)20-17/h5-8,10,13H,9,11H2,1-4H3,(H,18,20)/b7-5-,8-6-. The van der Waals surface area contributed by atoms with E-state index < -0.39 is 0 Å². The highest BCUT2D eigenvalue weighted by Gasteiger charge is 2.09. The first kappa shape index (κ1) is 15.8. The van der Waals surface area contributed by atoms with E-state index in [-0.39, 0.29) is 6.04 Å². The third-order valence-electron chi connectivity index (χ3n) is 3.68. The number of nitrogens with one attached hydrogen (secondary N) is 1. The molecule has 4 heteroatoms. The maximum absolute atomic E-state index is 4.59. The molecule has 2 rings (SSSR count). The molecule has 112 valence electrons. The molecule has 1 aliphatic rings. The fourth-order valence-electron chi connectivity index (χ4n) is 2.04. The van der Waals surface area contributed by atoms with Gasteiger partial charge in [0.2, 0.25) is 0 Å². The van der Waals surface area contributed by atoms with Gasteiger partial charge in [-0.05, 0) is 44.4 Å². The zero-order chi connectivity index (χ0) is 15.2. The summed E-state index contributed by atoms with van der Waals surface area (Å²) in [5, 5.41) is 4.42. The van der Waals surface area contributed by atoms with Crippen molar-refractivity contribution in [3.63, 3.8) is 0 Å². The normalized spacial score (nSPS) is 21.5. The molecule has 1 aromatic rings. The Morgan fingerprint density at radius 3 is 2.86 bits per heavy atom. The van der Waals surface area contributed by atoms with Gasteiger partial charge in [-0.25, -0.2) is 0 Å². The second-order valence-electron chi connectivity index (χ2n) is 5.32. The molecule has 1 atom stereocenters. The number of allylic oxidation sites excluding steroid dienone is 2. The van der Waals surface area contributed by atoms with Gasteiger partial charge in [0.25, 0.3) is 0 Å². The third-order valence-corrected chi connectivity index (χ3v) is 4.62. The van der Waals surface area contributed by atoms with Crippen LogP contribution in [0.1, 0.15) is 29.3 Å². The largest absolute Gasteiger partial charge is 0.359 e. The van der Waals surface area contributed by atoms with Crippen LogP contribution in [0.2, 0.25) is 0 Å². The first-order valence-corrected chi connectivity index (χ1v) is 8.25. The summed E-state index contributed by atoms with van der Waals surface area (Å²) < 4.78 is 0. The minimum absolute atomic E-state index is 0.285. The molecule has 0 bridgehead atoms. The first-order chi connectivity index (χ1) is 10.1. The van der Waals surface area contributed by atoms with Gasteiger partial charge in [0.1, 0.15) is 0 Å². The van der Waals surface area contributed by atoms with Crippen molar-refractivity contribution in [1.29, 1.82) is 0 Å². The Kier molecular flexibility index (Phi) is 5.62. The number of rotatable bonds is 2. The Balaban J connectivity index is 2.06. The van der Waals surface area contributed by atoms with Gasteiger partial charge < -0.3 is 5.32 Å². The van der Waals surface area contributed by atoms with Gasteiger partial charge in [-0.3, -0.25) is 9.98 Å². The Morgan fingerprint density at radius 2 is 2.05 bits per heavy atom. The Bertz CT molecular complexity index is 588. The van der Waals surface area contributed by atoms with Crippen molar-refractivity contribution in [3.8, 4) is 0 Å². The topological polar surface area (TPSA) is 37.3 Å². The minimum atomic E-state index is 0.285. The summed E-state index contributed by atoms with van der Waals surface area (Å²) in [5.74, 6) is 0.846. The van der Waals surface area contributed by atoms with E-state index >= 15 is 0 Å². The Labute approximate surface area is 131 Å². The average Bonchev–Trinajstić information content (AvgIpc) is 2.56. The molecule has 0 fully saturated rings. The number of pyridine rings is 1. The smallest absolute Gasteiger partial charge is 0.157 e. The molecule has 0 aliphatic carbocycles. The van der Waals surface area contributed by atoms with Crippen LogP contribution >= 0.6 is 11.8 Å². The molecule has 0 saturated carbocycles. The lowest BCUT2D eigenvalue weighted by atomic mass is 10.1. The van der Waals surface area contributed by atoms with Crippen LogP contribution in [0.5, 0.6) is 0 Å². The van der Waals surface area contributed by atoms with Crippen LogP contribution in [-0.2, 0) is 5.75 Å². The molecule has 3 nitrogen and oxygen atoms in total. The van der Waals surface area contributed by atoms with Crippen molar-refractivity contribution in [2.45, 2.75) is 39.5 Å². The van der Waals surface area contributed by atoms with Crippen LogP contribution in [0.25, 0.3) is 0 Å². The summed E-state index contributed by atoms with van der Waals surface area (Å²) >= 11 is 1.72. The van der Waals surface area contributed by atoms with Gasteiger partial charge in [0, 0.05) is 18.0 Å². The van der Waals surface area contributed by atoms with Gasteiger partial charge in [-0.1, -0.05) is 36.1 Å². The minimum Gasteiger partial charge on any atom is -0.359 e. The number of aromatic nitrogens is 1. The summed E-state index contributed by atoms with van der Waals surface area (Å²) in [6, 6.07) is 0.285. The molecule has 21 heavy (non-hydrogen) atoms. The molecule has 2 heterocycles. The molecule has 0 radical (unpaired) electrons. The van der Waals surface area contributed by atoms with Gasteiger partial charge in [-0.15, -0.1) is 0 Å². The third kappa shape index (κ3) is 4.46. The number of aryl methyl sites for hydroxylation is 1. The lowest BCUT2D eigenvalue weighted by Crippen LogP contribution is -2.29. The molecule has 0 spiro atoms. The summed E-state index contributed by atoms with van der Waals surface area (Å²) in [6.07, 6.45) is 10.3. The maximum atomic E-state index is 4.59. The van der Waals surface area contributed by atoms with Crippen molar-refractivity contribution in [2.24, 2.45) is 4.99 Å². The second kappa shape index (κ2) is 7.46. The molecular weight excluding hydrogens is 278 g/mol. The van der Waals surface area contributed by atoms with Crippen molar-refractivity contribution < 1.29 is 0 Å². The average molecular weight is 301 g/mol. The van der Waals surface area contributed by atoms with E-state index in [1.54, 1.807) is 11.8 Å². The molecule has 1 aromatic heterocycles. The Hall–Kier alpha value is -1.55. The second-order valence-corrected chi connectivity index (χ2v) is 6.28. The maximum Gasteiger partial charge on any atom is 0.157 e. The molecule has 0 aromatic carbocycles. The van der Waals surface area contributed by atoms with Crippen LogP contribution in [-0.4, -0.2) is 22.7 Å². The Morgan fingerprint density at radius 1 is 1.24 bits per heavy atom. The van der Waals surface area contributed by atoms with Crippen LogP contribution < -0.4 is 5.32 Å². The molecule has 1 N–H and O–H groups in total. The van der Waals surface area contributed by atoms with E-state index in [1.165, 1.54) is 16.7 Å². The van der Waals surface area contributed by atoms with Gasteiger partial charge in [-0.2, -0.15) is 0 Å². The molecule has 1 unspecified atom stereocenters. The predicted octanol–water partition coefficient (Wildman–Crippen LogP) is 3.70. The van der Waals surface area contributed by atoms with Crippen molar-refractivity contribution in [2.75, 3.05) is 6.54 Å². The lowest BCUT2D eigenvalue weighted by molar-refractivity contribution is 0.812. The molecular formula is C17H23N3S. The molecule has 0 amide bonds. The fraction of sp³-hybridized carbons (Fsp3) is 0.412. The summed E-state index contributed by atoms with van der Waals surface area (Å²) in [4.78, 5) is 9.16. The van der Waals surface area contributed by atoms with Crippen molar-refractivity contribution in [3.05, 3.63) is 52.9 Å². The number of amidine groups is 1. The summed E-state index contributed by atoms with van der Waals surface area (Å²) in [6.45, 7) is 9.26. The predicted molar refractivity (Wildman–Crippen MR) is 92.9 cm³/mol. The van der Waals surface area contributed by atoms with Crippen molar-refractivity contribution in [1.82, 2.24) is 10.3 Å². The quantitative estimate of drug-likeness (QED) is 0.905. The van der Waals surface area contributed by atoms with E-state index in [9.17, 15) is 0 Å². The number of aliphatic imine (C=N–C) groups is 1. The van der Waals surface area contributed by atoms with Gasteiger partial charge in [0.05, 0.1) is 12.2 Å². The van der Waals surface area contributed by atoms with E-state index in [0.29, 0.717) is 6.54 Å². The van der Waals surface area contributed by atoms with Crippen LogP contribution in [0.15, 0.2) is 35.5 Å². The highest BCUT2D eigenvalue weighted by molar-refractivity contribution is 8.13. The van der Waals surface area contributed by atoms with E-state index in [1.807, 2.05) is 12.3 Å². The van der Waals surface area contributed by atoms with Crippen LogP contribution in [0.3, 0.4) is 0 Å². The molecule has 1 aliphatic heterocycles. The summed E-state index contributed by atoms with van der Waals surface area (Å²) in [5.41, 5.74) is 5.03. The highest BCUT2D eigenvalue weighted by Crippen LogP contribution is 2.20. The first-order valence-electron chi connectivity index (χ1n) is 7.26. The van der Waals surface area contributed by atoms with Crippen LogP contribution in [0.4, 0.5) is 0 Å². The fourth-order valence-corrected chi connectivity index (χ4v) is 3.04. The number of hydrogen-bond donors (Lipinski definition) is 1. The van der Waals surface area contributed by atoms with Crippen molar-refractivity contribution >= 4 is 16.9 Å². The number of thioether (sulfide) groups is 1. The SMILES string of the molecule is Cc1cnc(CSC2=NC/C=C\C=C/C(C)N2)c(C)c1C. The molecule has 0 saturated heterocycles. The number of nitrogens with zero attached hydrogens (tertiary/aromatic N) is 2. The zero-order valence-electron chi connectivity index (χ0n) is 13.2. The zero-order valence-corrected chi connectivity index (χ0v) is 14.0. The number of hydrogen-bond acceptors (Lipinski definition) is 4. The highest BCUT2D eigenvalue weighted by atomic mass is 32.2. The van der Waals surface area contributed by atoms with Crippen LogP contribution in [0, 0.1) is 20.8 Å². The van der Waals surface area contributed by atoms with E-state index in [2.05, 4.69) is 61.2 Å². The lowest BCUT2D eigenvalue weighted by Gasteiger charge is -2.14. The summed E-state index contributed by atoms with van der Waals surface area (Å²) in [7, 11) is 0. The van der Waals surface area contributed by atoms with E-state index in [0.717, 1.165) is 16.6 Å². The monoisotopic (exact) mass is 301 g/mol.